The van der Waals surface area contributed by atoms with E-state index in [1.807, 2.05) is 13.8 Å². The molecule has 0 aromatic carbocycles. The molecule has 0 aromatic heterocycles. The molecule has 0 bridgehead atoms. The molecule has 7 heteroatoms. The van der Waals surface area contributed by atoms with Crippen molar-refractivity contribution in [1.82, 2.24) is 0 Å². The molecule has 144 valence electrons. The predicted molar refractivity (Wildman–Crippen MR) is 89.4 cm³/mol. The summed E-state index contributed by atoms with van der Waals surface area (Å²) < 4.78 is 26.4. The number of carbonyl (C=O) groups excluding carboxylic acids is 2. The van der Waals surface area contributed by atoms with Gasteiger partial charge in [0.05, 0.1) is 12.2 Å². The molecular formula is C18H30O7. The summed E-state index contributed by atoms with van der Waals surface area (Å²) in [7, 11) is 0. The fourth-order valence-corrected chi connectivity index (χ4v) is 3.57. The van der Waals surface area contributed by atoms with Crippen molar-refractivity contribution in [3.63, 3.8) is 0 Å². The first kappa shape index (κ1) is 20.0. The second-order valence-electron chi connectivity index (χ2n) is 6.47. The standard InChI is InChI=1S/C18H30O7/c1-3-21-13-9-5-7-11-15(13)23-17(19)25-18(20)24-16-12-8-6-10-14(16)22-4-2/h13-16H,3-12H2,1-2H3. The molecule has 0 aromatic rings. The molecule has 0 N–H and O–H groups in total. The average molecular weight is 358 g/mol. The molecule has 2 aliphatic carbocycles. The van der Waals surface area contributed by atoms with E-state index >= 15 is 0 Å². The van der Waals surface area contributed by atoms with Crippen LogP contribution in [0.25, 0.3) is 0 Å². The normalized spacial score (nSPS) is 29.7. The van der Waals surface area contributed by atoms with Crippen LogP contribution in [0.1, 0.15) is 65.2 Å². The SMILES string of the molecule is CCOC1CCCCC1OC(=O)OC(=O)OC1CCCCC1OCC. The summed E-state index contributed by atoms with van der Waals surface area (Å²) in [5, 5.41) is 0. The fourth-order valence-electron chi connectivity index (χ4n) is 3.57. The first-order valence-corrected chi connectivity index (χ1v) is 9.46. The lowest BCUT2D eigenvalue weighted by atomic mass is 9.94. The summed E-state index contributed by atoms with van der Waals surface area (Å²) in [6.45, 7) is 4.92. The second-order valence-corrected chi connectivity index (χ2v) is 6.47. The van der Waals surface area contributed by atoms with Gasteiger partial charge < -0.3 is 23.7 Å². The molecule has 4 unspecified atom stereocenters. The zero-order chi connectivity index (χ0) is 18.1. The van der Waals surface area contributed by atoms with Crippen molar-refractivity contribution in [3.05, 3.63) is 0 Å². The Morgan fingerprint density at radius 2 is 1.04 bits per heavy atom. The van der Waals surface area contributed by atoms with Crippen LogP contribution in [0.15, 0.2) is 0 Å². The first-order valence-electron chi connectivity index (χ1n) is 9.46. The highest BCUT2D eigenvalue weighted by Crippen LogP contribution is 2.26. The van der Waals surface area contributed by atoms with Gasteiger partial charge in [-0.3, -0.25) is 0 Å². The van der Waals surface area contributed by atoms with E-state index in [9.17, 15) is 9.59 Å². The number of ether oxygens (including phenoxy) is 5. The van der Waals surface area contributed by atoms with E-state index in [4.69, 9.17) is 18.9 Å². The summed E-state index contributed by atoms with van der Waals surface area (Å²) in [6, 6.07) is 0. The Bertz CT molecular complexity index is 384. The van der Waals surface area contributed by atoms with Crippen molar-refractivity contribution in [1.29, 1.82) is 0 Å². The smallest absolute Gasteiger partial charge is 0.428 e. The van der Waals surface area contributed by atoms with Crippen LogP contribution in [0, 0.1) is 0 Å². The van der Waals surface area contributed by atoms with Gasteiger partial charge in [-0.05, 0) is 52.4 Å². The molecule has 7 nitrogen and oxygen atoms in total. The Morgan fingerprint density at radius 3 is 1.40 bits per heavy atom. The highest BCUT2D eigenvalue weighted by Gasteiger charge is 2.32. The van der Waals surface area contributed by atoms with Crippen LogP contribution < -0.4 is 0 Å². The molecule has 0 amide bonds. The largest absolute Gasteiger partial charge is 0.518 e. The van der Waals surface area contributed by atoms with Crippen LogP contribution in [-0.2, 0) is 23.7 Å². The molecule has 0 saturated heterocycles. The molecule has 0 spiro atoms. The number of carbonyl (C=O) groups is 2. The van der Waals surface area contributed by atoms with Crippen molar-refractivity contribution in [2.75, 3.05) is 13.2 Å². The van der Waals surface area contributed by atoms with Crippen LogP contribution in [0.4, 0.5) is 9.59 Å². The molecule has 2 aliphatic rings. The lowest BCUT2D eigenvalue weighted by molar-refractivity contribution is -0.0903. The summed E-state index contributed by atoms with van der Waals surface area (Å²) >= 11 is 0. The quantitative estimate of drug-likeness (QED) is 0.525. The van der Waals surface area contributed by atoms with Crippen LogP contribution in [-0.4, -0.2) is 49.9 Å². The van der Waals surface area contributed by atoms with Gasteiger partial charge in [0.1, 0.15) is 12.2 Å². The van der Waals surface area contributed by atoms with Crippen LogP contribution in [0.3, 0.4) is 0 Å². The van der Waals surface area contributed by atoms with Crippen molar-refractivity contribution in [3.8, 4) is 0 Å². The van der Waals surface area contributed by atoms with E-state index in [1.54, 1.807) is 0 Å². The third-order valence-electron chi connectivity index (χ3n) is 4.71. The monoisotopic (exact) mass is 358 g/mol. The minimum Gasteiger partial charge on any atom is -0.428 e. The summed E-state index contributed by atoms with van der Waals surface area (Å²) in [4.78, 5) is 23.8. The number of rotatable bonds is 6. The average Bonchev–Trinajstić information content (AvgIpc) is 2.58. The fraction of sp³-hybridized carbons (Fsp3) is 0.889. The predicted octanol–water partition coefficient (Wildman–Crippen LogP) is 3.97. The molecule has 0 radical (unpaired) electrons. The van der Waals surface area contributed by atoms with Gasteiger partial charge in [0.15, 0.2) is 0 Å². The van der Waals surface area contributed by atoms with Crippen molar-refractivity contribution in [2.45, 2.75) is 89.6 Å². The lowest BCUT2D eigenvalue weighted by Gasteiger charge is -2.31. The lowest BCUT2D eigenvalue weighted by Crippen LogP contribution is -2.38. The van der Waals surface area contributed by atoms with Crippen LogP contribution in [0.5, 0.6) is 0 Å². The molecule has 2 saturated carbocycles. The van der Waals surface area contributed by atoms with E-state index in [0.717, 1.165) is 38.5 Å². The Hall–Kier alpha value is -1.34. The molecule has 2 rings (SSSR count). The van der Waals surface area contributed by atoms with E-state index in [1.165, 1.54) is 0 Å². The highest BCUT2D eigenvalue weighted by molar-refractivity contribution is 5.77. The Labute approximate surface area is 149 Å². The Kier molecular flexibility index (Phi) is 8.48. The molecular weight excluding hydrogens is 328 g/mol. The van der Waals surface area contributed by atoms with Crippen LogP contribution >= 0.6 is 0 Å². The Morgan fingerprint density at radius 1 is 0.680 bits per heavy atom. The van der Waals surface area contributed by atoms with E-state index in [2.05, 4.69) is 4.74 Å². The first-order chi connectivity index (χ1) is 12.1. The van der Waals surface area contributed by atoms with Crippen molar-refractivity contribution in [2.24, 2.45) is 0 Å². The topological polar surface area (TPSA) is 80.3 Å². The summed E-state index contributed by atoms with van der Waals surface area (Å²) in [6.07, 6.45) is 4.05. The zero-order valence-corrected chi connectivity index (χ0v) is 15.2. The zero-order valence-electron chi connectivity index (χ0n) is 15.2. The van der Waals surface area contributed by atoms with Gasteiger partial charge in [0, 0.05) is 13.2 Å². The van der Waals surface area contributed by atoms with Gasteiger partial charge >= 0.3 is 12.3 Å². The maximum absolute atomic E-state index is 11.9. The number of hydrogen-bond acceptors (Lipinski definition) is 7. The van der Waals surface area contributed by atoms with E-state index in [-0.39, 0.29) is 24.4 Å². The maximum atomic E-state index is 11.9. The van der Waals surface area contributed by atoms with Gasteiger partial charge in [0.2, 0.25) is 0 Å². The second kappa shape index (κ2) is 10.6. The third-order valence-corrected chi connectivity index (χ3v) is 4.71. The van der Waals surface area contributed by atoms with Crippen LogP contribution in [0.2, 0.25) is 0 Å². The van der Waals surface area contributed by atoms with Gasteiger partial charge in [-0.2, -0.15) is 0 Å². The minimum absolute atomic E-state index is 0.136. The summed E-state index contributed by atoms with van der Waals surface area (Å²) in [5.74, 6) is 0. The van der Waals surface area contributed by atoms with Gasteiger partial charge in [0.25, 0.3) is 0 Å². The molecule has 2 fully saturated rings. The Balaban J connectivity index is 1.77. The highest BCUT2D eigenvalue weighted by atomic mass is 16.8. The molecule has 25 heavy (non-hydrogen) atoms. The number of hydrogen-bond donors (Lipinski definition) is 0. The van der Waals surface area contributed by atoms with Gasteiger partial charge in [-0.1, -0.05) is 12.8 Å². The molecule has 0 heterocycles. The third kappa shape index (κ3) is 6.47. The maximum Gasteiger partial charge on any atom is 0.518 e. The molecule has 4 atom stereocenters. The van der Waals surface area contributed by atoms with Gasteiger partial charge in [-0.15, -0.1) is 0 Å². The van der Waals surface area contributed by atoms with Crippen molar-refractivity contribution < 1.29 is 33.3 Å². The summed E-state index contributed by atoms with van der Waals surface area (Å²) in [5.41, 5.74) is 0. The van der Waals surface area contributed by atoms with E-state index in [0.29, 0.717) is 26.1 Å². The molecule has 0 aliphatic heterocycles. The minimum atomic E-state index is -1.02. The van der Waals surface area contributed by atoms with E-state index < -0.39 is 12.3 Å². The van der Waals surface area contributed by atoms with Crippen molar-refractivity contribution >= 4 is 12.3 Å². The van der Waals surface area contributed by atoms with Gasteiger partial charge in [-0.25, -0.2) is 9.59 Å².